The third-order valence-electron chi connectivity index (χ3n) is 4.07. The van der Waals surface area contributed by atoms with Crippen LogP contribution in [0.4, 0.5) is 5.69 Å². The quantitative estimate of drug-likeness (QED) is 0.592. The molecule has 0 unspecified atom stereocenters. The van der Waals surface area contributed by atoms with Crippen molar-refractivity contribution < 1.29 is 14.3 Å². The highest BCUT2D eigenvalue weighted by atomic mass is 32.1. The van der Waals surface area contributed by atoms with Crippen LogP contribution in [0.1, 0.15) is 27.2 Å². The number of anilines is 1. The third-order valence-corrected chi connectivity index (χ3v) is 4.28. The molecule has 27 heavy (non-hydrogen) atoms. The topological polar surface area (TPSA) is 74.5 Å². The van der Waals surface area contributed by atoms with Crippen LogP contribution in [0.5, 0.6) is 0 Å². The second-order valence-electron chi connectivity index (χ2n) is 6.23. The molecule has 0 bridgehead atoms. The van der Waals surface area contributed by atoms with E-state index in [4.69, 9.17) is 21.7 Å². The number of rotatable bonds is 4. The molecule has 0 aliphatic carbocycles. The Morgan fingerprint density at radius 3 is 2.59 bits per heavy atom. The van der Waals surface area contributed by atoms with Gasteiger partial charge in [0, 0.05) is 16.8 Å². The molecule has 0 fully saturated rings. The van der Waals surface area contributed by atoms with E-state index >= 15 is 0 Å². The highest BCUT2D eigenvalue weighted by Gasteiger charge is 2.10. The number of benzene rings is 2. The van der Waals surface area contributed by atoms with Crippen LogP contribution in [0.2, 0.25) is 0 Å². The van der Waals surface area contributed by atoms with Gasteiger partial charge in [0.25, 0.3) is 5.91 Å². The van der Waals surface area contributed by atoms with Crippen LogP contribution in [-0.2, 0) is 6.61 Å². The second-order valence-corrected chi connectivity index (χ2v) is 6.64. The molecule has 1 heterocycles. The van der Waals surface area contributed by atoms with Crippen LogP contribution in [-0.4, -0.2) is 16.1 Å². The fourth-order valence-corrected chi connectivity index (χ4v) is 2.96. The normalized spacial score (nSPS) is 10.5. The number of aliphatic hydroxyl groups is 1. The van der Waals surface area contributed by atoms with Gasteiger partial charge >= 0.3 is 0 Å². The van der Waals surface area contributed by atoms with Gasteiger partial charge in [-0.15, -0.1) is 0 Å². The SMILES string of the molecule is Cc1cccc(C(=O)NC(=S)Nc2ccc(-c3ccc(CO)o3)c(C)c2)c1. The maximum atomic E-state index is 12.3. The van der Waals surface area contributed by atoms with Crippen LogP contribution in [0, 0.1) is 13.8 Å². The average Bonchev–Trinajstić information content (AvgIpc) is 3.10. The molecule has 138 valence electrons. The molecular formula is C21H20N2O3S. The molecule has 3 aromatic rings. The van der Waals surface area contributed by atoms with Crippen LogP contribution in [0.25, 0.3) is 11.3 Å². The Kier molecular flexibility index (Phi) is 5.69. The molecule has 0 aliphatic heterocycles. The zero-order valence-corrected chi connectivity index (χ0v) is 15.9. The van der Waals surface area contributed by atoms with Crippen molar-refractivity contribution in [2.45, 2.75) is 20.5 Å². The lowest BCUT2D eigenvalue weighted by Crippen LogP contribution is -2.34. The Morgan fingerprint density at radius 1 is 1.11 bits per heavy atom. The van der Waals surface area contributed by atoms with Crippen molar-refractivity contribution in [3.8, 4) is 11.3 Å². The van der Waals surface area contributed by atoms with Gasteiger partial charge in [-0.05, 0) is 74.1 Å². The first-order valence-corrected chi connectivity index (χ1v) is 8.86. The molecule has 0 saturated carbocycles. The van der Waals surface area contributed by atoms with E-state index in [9.17, 15) is 4.79 Å². The van der Waals surface area contributed by atoms with Gasteiger partial charge in [-0.1, -0.05) is 17.7 Å². The zero-order chi connectivity index (χ0) is 19.4. The number of aryl methyl sites for hydroxylation is 2. The van der Waals surface area contributed by atoms with Gasteiger partial charge in [0.05, 0.1) is 0 Å². The van der Waals surface area contributed by atoms with E-state index in [1.807, 2.05) is 50.2 Å². The van der Waals surface area contributed by atoms with E-state index in [1.54, 1.807) is 18.2 Å². The Hall–Kier alpha value is -2.96. The smallest absolute Gasteiger partial charge is 0.257 e. The molecule has 1 aromatic heterocycles. The first-order chi connectivity index (χ1) is 13.0. The summed E-state index contributed by atoms with van der Waals surface area (Å²) in [5.41, 5.74) is 4.24. The van der Waals surface area contributed by atoms with Crippen molar-refractivity contribution in [3.05, 3.63) is 77.0 Å². The molecule has 0 spiro atoms. The number of carbonyl (C=O) groups is 1. The van der Waals surface area contributed by atoms with Gasteiger partial charge in [-0.2, -0.15) is 0 Å². The summed E-state index contributed by atoms with van der Waals surface area (Å²) in [6.45, 7) is 3.75. The van der Waals surface area contributed by atoms with Gasteiger partial charge in [0.15, 0.2) is 5.11 Å². The van der Waals surface area contributed by atoms with E-state index in [2.05, 4.69) is 10.6 Å². The number of thiocarbonyl (C=S) groups is 1. The number of hydrogen-bond acceptors (Lipinski definition) is 4. The van der Waals surface area contributed by atoms with Crippen molar-refractivity contribution >= 4 is 28.9 Å². The number of hydrogen-bond donors (Lipinski definition) is 3. The molecule has 0 aliphatic rings. The summed E-state index contributed by atoms with van der Waals surface area (Å²) in [4.78, 5) is 12.3. The largest absolute Gasteiger partial charge is 0.459 e. The van der Waals surface area contributed by atoms with Crippen LogP contribution < -0.4 is 10.6 Å². The fourth-order valence-electron chi connectivity index (χ4n) is 2.75. The Balaban J connectivity index is 1.67. The Morgan fingerprint density at radius 2 is 1.93 bits per heavy atom. The lowest BCUT2D eigenvalue weighted by molar-refractivity contribution is 0.0977. The molecule has 1 amide bonds. The van der Waals surface area contributed by atoms with Crippen LogP contribution >= 0.6 is 12.2 Å². The molecule has 6 heteroatoms. The molecule has 5 nitrogen and oxygen atoms in total. The van der Waals surface area contributed by atoms with E-state index in [0.717, 1.165) is 22.4 Å². The Labute approximate surface area is 163 Å². The number of amides is 1. The summed E-state index contributed by atoms with van der Waals surface area (Å²) >= 11 is 5.24. The summed E-state index contributed by atoms with van der Waals surface area (Å²) in [6, 6.07) is 16.6. The predicted octanol–water partition coefficient (Wildman–Crippen LogP) is 4.18. The van der Waals surface area contributed by atoms with Gasteiger partial charge in [0.1, 0.15) is 18.1 Å². The van der Waals surface area contributed by atoms with Crippen molar-refractivity contribution in [2.24, 2.45) is 0 Å². The summed E-state index contributed by atoms with van der Waals surface area (Å²) in [6.07, 6.45) is 0. The summed E-state index contributed by atoms with van der Waals surface area (Å²) in [5, 5.41) is 15.1. The van der Waals surface area contributed by atoms with E-state index in [0.29, 0.717) is 17.1 Å². The summed E-state index contributed by atoms with van der Waals surface area (Å²) in [7, 11) is 0. The lowest BCUT2D eigenvalue weighted by Gasteiger charge is -2.12. The second kappa shape index (κ2) is 8.16. The maximum Gasteiger partial charge on any atom is 0.257 e. The summed E-state index contributed by atoms with van der Waals surface area (Å²) in [5.74, 6) is 0.960. The molecular weight excluding hydrogens is 360 g/mol. The minimum Gasteiger partial charge on any atom is -0.459 e. The number of aliphatic hydroxyl groups excluding tert-OH is 1. The van der Waals surface area contributed by atoms with Gasteiger partial charge in [-0.25, -0.2) is 0 Å². The van der Waals surface area contributed by atoms with Crippen molar-refractivity contribution in [2.75, 3.05) is 5.32 Å². The van der Waals surface area contributed by atoms with Crippen molar-refractivity contribution in [1.29, 1.82) is 0 Å². The maximum absolute atomic E-state index is 12.3. The first-order valence-electron chi connectivity index (χ1n) is 8.46. The van der Waals surface area contributed by atoms with E-state index < -0.39 is 0 Å². The first kappa shape index (κ1) is 18.8. The summed E-state index contributed by atoms with van der Waals surface area (Å²) < 4.78 is 5.58. The number of furan rings is 1. The lowest BCUT2D eigenvalue weighted by atomic mass is 10.1. The fraction of sp³-hybridized carbons (Fsp3) is 0.143. The molecule has 2 aromatic carbocycles. The standard InChI is InChI=1S/C21H20N2O3S/c1-13-4-3-5-15(10-13)20(25)23-21(27)22-16-6-8-18(14(2)11-16)19-9-7-17(12-24)26-19/h3-11,24H,12H2,1-2H3,(H2,22,23,25,27). The molecule has 0 atom stereocenters. The molecule has 0 radical (unpaired) electrons. The highest BCUT2D eigenvalue weighted by Crippen LogP contribution is 2.27. The highest BCUT2D eigenvalue weighted by molar-refractivity contribution is 7.80. The third kappa shape index (κ3) is 4.61. The van der Waals surface area contributed by atoms with Gasteiger partial charge in [-0.3, -0.25) is 10.1 Å². The van der Waals surface area contributed by atoms with E-state index in [1.165, 1.54) is 0 Å². The van der Waals surface area contributed by atoms with E-state index in [-0.39, 0.29) is 17.6 Å². The van der Waals surface area contributed by atoms with Crippen LogP contribution in [0.15, 0.2) is 59.0 Å². The van der Waals surface area contributed by atoms with Gasteiger partial charge in [0.2, 0.25) is 0 Å². The molecule has 3 N–H and O–H groups in total. The molecule has 3 rings (SSSR count). The van der Waals surface area contributed by atoms with Crippen molar-refractivity contribution in [3.63, 3.8) is 0 Å². The predicted molar refractivity (Wildman–Crippen MR) is 110 cm³/mol. The molecule has 0 saturated heterocycles. The minimum atomic E-state index is -0.253. The average molecular weight is 380 g/mol. The zero-order valence-electron chi connectivity index (χ0n) is 15.1. The van der Waals surface area contributed by atoms with Crippen LogP contribution in [0.3, 0.4) is 0 Å². The minimum absolute atomic E-state index is 0.131. The van der Waals surface area contributed by atoms with Crippen molar-refractivity contribution in [1.82, 2.24) is 5.32 Å². The number of carbonyl (C=O) groups excluding carboxylic acids is 1. The monoisotopic (exact) mass is 380 g/mol. The Bertz CT molecular complexity index is 995. The van der Waals surface area contributed by atoms with Gasteiger partial charge < -0.3 is 14.8 Å². The number of nitrogens with one attached hydrogen (secondary N) is 2.